The van der Waals surface area contributed by atoms with Crippen molar-refractivity contribution in [3.05, 3.63) is 42.5 Å². The molecule has 0 bridgehead atoms. The van der Waals surface area contributed by atoms with E-state index in [9.17, 15) is 0 Å². The summed E-state index contributed by atoms with van der Waals surface area (Å²) in [5.74, 6) is 2.08. The average Bonchev–Trinajstić information content (AvgIpc) is 2.63. The van der Waals surface area contributed by atoms with Gasteiger partial charge in [-0.25, -0.2) is 0 Å². The molecule has 2 heteroatoms. The summed E-state index contributed by atoms with van der Waals surface area (Å²) in [5.41, 5.74) is 0.366. The van der Waals surface area contributed by atoms with E-state index >= 15 is 0 Å². The Balaban J connectivity index is 1.98. The van der Waals surface area contributed by atoms with Crippen LogP contribution in [0.15, 0.2) is 42.5 Å². The second-order valence-corrected chi connectivity index (χ2v) is 10.0. The first-order chi connectivity index (χ1) is 13.0. The maximum Gasteiger partial charge on any atom is 0.120 e. The molecule has 2 rings (SSSR count). The Morgan fingerprint density at radius 2 is 1.43 bits per heavy atom. The van der Waals surface area contributed by atoms with Crippen molar-refractivity contribution in [3.8, 4) is 5.75 Å². The van der Waals surface area contributed by atoms with E-state index in [0.29, 0.717) is 25.0 Å². The van der Waals surface area contributed by atoms with Gasteiger partial charge in [0.1, 0.15) is 12.4 Å². The van der Waals surface area contributed by atoms with Crippen LogP contribution in [0, 0.1) is 22.7 Å². The third kappa shape index (κ3) is 5.73. The number of rotatable bonds is 10. The number of fused-ring (bicyclic) bond motifs is 1. The van der Waals surface area contributed by atoms with Crippen LogP contribution in [0.1, 0.15) is 61.8 Å². The number of benzene rings is 2. The van der Waals surface area contributed by atoms with Gasteiger partial charge in [-0.2, -0.15) is 0 Å². The van der Waals surface area contributed by atoms with Crippen LogP contribution in [-0.4, -0.2) is 19.3 Å². The normalized spacial score (nSPS) is 14.1. The van der Waals surface area contributed by atoms with Gasteiger partial charge in [0.2, 0.25) is 0 Å². The summed E-state index contributed by atoms with van der Waals surface area (Å²) < 4.78 is 12.4. The van der Waals surface area contributed by atoms with Gasteiger partial charge in [-0.15, -0.1) is 0 Å². The van der Waals surface area contributed by atoms with Crippen LogP contribution in [0.3, 0.4) is 0 Å². The molecular weight excluding hydrogens is 344 g/mol. The third-order valence-electron chi connectivity index (χ3n) is 6.98. The van der Waals surface area contributed by atoms with E-state index in [2.05, 4.69) is 91.8 Å². The molecule has 0 saturated heterocycles. The Morgan fingerprint density at radius 1 is 0.786 bits per heavy atom. The molecule has 0 spiro atoms. The van der Waals surface area contributed by atoms with Gasteiger partial charge >= 0.3 is 0 Å². The molecule has 1 unspecified atom stereocenters. The molecule has 2 aromatic carbocycles. The van der Waals surface area contributed by atoms with Crippen molar-refractivity contribution < 1.29 is 9.47 Å². The summed E-state index contributed by atoms with van der Waals surface area (Å²) in [6, 6.07) is 14.6. The summed E-state index contributed by atoms with van der Waals surface area (Å²) in [6.45, 7) is 19.8. The minimum Gasteiger partial charge on any atom is -0.491 e. The SMILES string of the molecule is CC(C)C(C)(C)CC(OCCOc1ccc2ccccc2c1)C(C)(C)C(C)C. The smallest absolute Gasteiger partial charge is 0.120 e. The lowest BCUT2D eigenvalue weighted by molar-refractivity contribution is -0.0798. The van der Waals surface area contributed by atoms with Gasteiger partial charge in [-0.3, -0.25) is 0 Å². The van der Waals surface area contributed by atoms with E-state index in [1.54, 1.807) is 0 Å². The van der Waals surface area contributed by atoms with Crippen molar-refractivity contribution in [2.24, 2.45) is 22.7 Å². The molecule has 1 atom stereocenters. The Bertz CT molecular complexity index is 743. The third-order valence-corrected chi connectivity index (χ3v) is 6.98. The van der Waals surface area contributed by atoms with Crippen molar-refractivity contribution in [2.45, 2.75) is 67.9 Å². The predicted octanol–water partition coefficient (Wildman–Crippen LogP) is 7.36. The fraction of sp³-hybridized carbons (Fsp3) is 0.615. The Labute approximate surface area is 172 Å². The molecule has 0 aliphatic carbocycles. The summed E-state index contributed by atoms with van der Waals surface area (Å²) in [5, 5.41) is 2.44. The van der Waals surface area contributed by atoms with E-state index in [-0.39, 0.29) is 16.9 Å². The second-order valence-electron chi connectivity index (χ2n) is 10.0. The van der Waals surface area contributed by atoms with E-state index in [4.69, 9.17) is 9.47 Å². The van der Waals surface area contributed by atoms with Crippen LogP contribution in [0.4, 0.5) is 0 Å². The summed E-state index contributed by atoms with van der Waals surface area (Å²) in [6.07, 6.45) is 1.27. The molecule has 0 aliphatic heterocycles. The molecule has 0 N–H and O–H groups in total. The van der Waals surface area contributed by atoms with Crippen LogP contribution in [0.2, 0.25) is 0 Å². The van der Waals surface area contributed by atoms with E-state index in [1.165, 1.54) is 10.8 Å². The fourth-order valence-electron chi connectivity index (χ4n) is 3.23. The molecule has 28 heavy (non-hydrogen) atoms. The van der Waals surface area contributed by atoms with E-state index < -0.39 is 0 Å². The summed E-state index contributed by atoms with van der Waals surface area (Å²) in [4.78, 5) is 0. The molecule has 2 aromatic rings. The van der Waals surface area contributed by atoms with Crippen molar-refractivity contribution in [1.29, 1.82) is 0 Å². The zero-order chi connectivity index (χ0) is 20.9. The quantitative estimate of drug-likeness (QED) is 0.398. The summed E-state index contributed by atoms with van der Waals surface area (Å²) in [7, 11) is 0. The lowest BCUT2D eigenvalue weighted by Gasteiger charge is -2.43. The zero-order valence-corrected chi connectivity index (χ0v) is 19.2. The summed E-state index contributed by atoms with van der Waals surface area (Å²) >= 11 is 0. The van der Waals surface area contributed by atoms with Gasteiger partial charge in [-0.05, 0) is 52.0 Å². The standard InChI is InChI=1S/C26H40O2/c1-19(2)25(5,6)18-24(26(7,8)20(3)4)28-16-15-27-23-14-13-21-11-9-10-12-22(21)17-23/h9-14,17,19-20,24H,15-16,18H2,1-8H3. The van der Waals surface area contributed by atoms with Gasteiger partial charge in [0.05, 0.1) is 12.7 Å². The maximum atomic E-state index is 6.44. The highest BCUT2D eigenvalue weighted by Gasteiger charge is 2.38. The Morgan fingerprint density at radius 3 is 2.04 bits per heavy atom. The van der Waals surface area contributed by atoms with Crippen LogP contribution in [-0.2, 0) is 4.74 Å². The van der Waals surface area contributed by atoms with Gasteiger partial charge < -0.3 is 9.47 Å². The topological polar surface area (TPSA) is 18.5 Å². The van der Waals surface area contributed by atoms with Gasteiger partial charge in [-0.1, -0.05) is 85.7 Å². The lowest BCUT2D eigenvalue weighted by Crippen LogP contribution is -2.41. The van der Waals surface area contributed by atoms with E-state index in [0.717, 1.165) is 12.2 Å². The Hall–Kier alpha value is -1.54. The molecular formula is C26H40O2. The van der Waals surface area contributed by atoms with Crippen molar-refractivity contribution in [2.75, 3.05) is 13.2 Å². The number of hydrogen-bond donors (Lipinski definition) is 0. The van der Waals surface area contributed by atoms with Crippen LogP contribution in [0.25, 0.3) is 10.8 Å². The number of hydrogen-bond acceptors (Lipinski definition) is 2. The van der Waals surface area contributed by atoms with Crippen molar-refractivity contribution in [1.82, 2.24) is 0 Å². The lowest BCUT2D eigenvalue weighted by atomic mass is 9.68. The second kappa shape index (κ2) is 9.31. The van der Waals surface area contributed by atoms with Crippen LogP contribution in [0.5, 0.6) is 5.75 Å². The van der Waals surface area contributed by atoms with Crippen LogP contribution < -0.4 is 4.74 Å². The number of ether oxygens (including phenoxy) is 2. The van der Waals surface area contributed by atoms with Crippen molar-refractivity contribution in [3.63, 3.8) is 0 Å². The zero-order valence-electron chi connectivity index (χ0n) is 19.2. The first-order valence-electron chi connectivity index (χ1n) is 10.8. The average molecular weight is 385 g/mol. The van der Waals surface area contributed by atoms with Crippen molar-refractivity contribution >= 4 is 10.8 Å². The molecule has 156 valence electrons. The monoisotopic (exact) mass is 384 g/mol. The highest BCUT2D eigenvalue weighted by Crippen LogP contribution is 2.41. The first kappa shape index (κ1) is 22.7. The predicted molar refractivity (Wildman–Crippen MR) is 121 cm³/mol. The molecule has 0 saturated carbocycles. The largest absolute Gasteiger partial charge is 0.491 e. The molecule has 2 nitrogen and oxygen atoms in total. The molecule has 0 fully saturated rings. The minimum atomic E-state index is 0.120. The van der Waals surface area contributed by atoms with Crippen LogP contribution >= 0.6 is 0 Å². The van der Waals surface area contributed by atoms with Gasteiger partial charge in [0, 0.05) is 0 Å². The minimum absolute atomic E-state index is 0.120. The molecule has 0 aliphatic rings. The van der Waals surface area contributed by atoms with Gasteiger partial charge in [0.25, 0.3) is 0 Å². The maximum absolute atomic E-state index is 6.44. The fourth-order valence-corrected chi connectivity index (χ4v) is 3.23. The molecule has 0 heterocycles. The molecule has 0 amide bonds. The first-order valence-corrected chi connectivity index (χ1v) is 10.8. The highest BCUT2D eigenvalue weighted by atomic mass is 16.5. The Kier molecular flexibility index (Phi) is 7.56. The highest BCUT2D eigenvalue weighted by molar-refractivity contribution is 5.83. The molecule has 0 aromatic heterocycles. The van der Waals surface area contributed by atoms with E-state index in [1.807, 2.05) is 6.07 Å². The molecule has 0 radical (unpaired) electrons. The van der Waals surface area contributed by atoms with Gasteiger partial charge in [0.15, 0.2) is 0 Å².